The molecule has 0 saturated heterocycles. The molecule has 5 nitrogen and oxygen atoms in total. The molecular weight excluding hydrogens is 268 g/mol. The number of carbonyl (C=O) groups is 2. The summed E-state index contributed by atoms with van der Waals surface area (Å²) < 4.78 is 4.91. The van der Waals surface area contributed by atoms with Crippen LogP contribution in [0.2, 0.25) is 0 Å². The number of esters is 1. The smallest absolute Gasteiger partial charge is 0.338 e. The van der Waals surface area contributed by atoms with Crippen molar-refractivity contribution < 1.29 is 14.3 Å². The van der Waals surface area contributed by atoms with Gasteiger partial charge in [-0.15, -0.1) is 0 Å². The Bertz CT molecular complexity index is 501. The first kappa shape index (κ1) is 15.5. The van der Waals surface area contributed by atoms with Gasteiger partial charge in [-0.2, -0.15) is 0 Å². The zero-order valence-electron chi connectivity index (χ0n) is 12.4. The van der Waals surface area contributed by atoms with Crippen LogP contribution in [0.4, 0.5) is 5.69 Å². The van der Waals surface area contributed by atoms with Gasteiger partial charge in [0.15, 0.2) is 0 Å². The van der Waals surface area contributed by atoms with Crippen molar-refractivity contribution in [3.63, 3.8) is 0 Å². The highest BCUT2D eigenvalue weighted by molar-refractivity contribution is 5.93. The Morgan fingerprint density at radius 3 is 2.43 bits per heavy atom. The van der Waals surface area contributed by atoms with E-state index in [9.17, 15) is 9.59 Å². The molecular formula is C16H22N2O3. The van der Waals surface area contributed by atoms with Gasteiger partial charge in [-0.1, -0.05) is 6.42 Å². The van der Waals surface area contributed by atoms with E-state index in [0.717, 1.165) is 19.3 Å². The number of ether oxygens (including phenoxy) is 1. The second-order valence-corrected chi connectivity index (χ2v) is 5.58. The van der Waals surface area contributed by atoms with Crippen molar-refractivity contribution in [3.8, 4) is 0 Å². The van der Waals surface area contributed by atoms with Crippen molar-refractivity contribution >= 4 is 17.6 Å². The van der Waals surface area contributed by atoms with Crippen molar-refractivity contribution in [2.45, 2.75) is 32.6 Å². The van der Waals surface area contributed by atoms with Crippen molar-refractivity contribution in [2.24, 2.45) is 11.1 Å². The summed E-state index contributed by atoms with van der Waals surface area (Å²) in [5, 5.41) is 2.85. The fourth-order valence-corrected chi connectivity index (χ4v) is 2.58. The minimum atomic E-state index is -0.355. The maximum atomic E-state index is 12.0. The lowest BCUT2D eigenvalue weighted by Gasteiger charge is -2.40. The first-order valence-electron chi connectivity index (χ1n) is 7.36. The number of amides is 1. The standard InChI is InChI=1S/C16H22N2O3/c1-2-21-15(20)12-4-6-13(7-5-12)18-14(19)10-16(11-17)8-3-9-16/h4-7H,2-3,8-11,17H2,1H3,(H,18,19). The molecule has 1 aliphatic rings. The lowest BCUT2D eigenvalue weighted by Crippen LogP contribution is -2.40. The molecule has 0 radical (unpaired) electrons. The predicted octanol–water partition coefficient (Wildman–Crippen LogP) is 2.32. The van der Waals surface area contributed by atoms with E-state index in [1.807, 2.05) is 0 Å². The van der Waals surface area contributed by atoms with Crippen LogP contribution in [-0.2, 0) is 9.53 Å². The molecule has 1 amide bonds. The number of hydrogen-bond acceptors (Lipinski definition) is 4. The van der Waals surface area contributed by atoms with Crippen molar-refractivity contribution in [3.05, 3.63) is 29.8 Å². The number of hydrogen-bond donors (Lipinski definition) is 2. The Hall–Kier alpha value is -1.88. The number of rotatable bonds is 6. The van der Waals surface area contributed by atoms with Gasteiger partial charge >= 0.3 is 5.97 Å². The lowest BCUT2D eigenvalue weighted by atomic mass is 9.66. The van der Waals surface area contributed by atoms with E-state index >= 15 is 0 Å². The average molecular weight is 290 g/mol. The first-order chi connectivity index (χ1) is 10.1. The van der Waals surface area contributed by atoms with Crippen LogP contribution in [-0.4, -0.2) is 25.0 Å². The Kier molecular flexibility index (Phi) is 4.96. The van der Waals surface area contributed by atoms with Crippen LogP contribution in [0.15, 0.2) is 24.3 Å². The molecule has 0 aliphatic heterocycles. The van der Waals surface area contributed by atoms with E-state index in [-0.39, 0.29) is 17.3 Å². The maximum Gasteiger partial charge on any atom is 0.338 e. The maximum absolute atomic E-state index is 12.0. The second kappa shape index (κ2) is 6.72. The first-order valence-corrected chi connectivity index (χ1v) is 7.36. The summed E-state index contributed by atoms with van der Waals surface area (Å²) in [6.45, 7) is 2.67. The highest BCUT2D eigenvalue weighted by atomic mass is 16.5. The third kappa shape index (κ3) is 3.82. The molecule has 1 fully saturated rings. The molecule has 1 aromatic rings. The zero-order valence-corrected chi connectivity index (χ0v) is 12.4. The summed E-state index contributed by atoms with van der Waals surface area (Å²) in [6, 6.07) is 6.71. The van der Waals surface area contributed by atoms with Gasteiger partial charge in [0.25, 0.3) is 0 Å². The molecule has 2 rings (SSSR count). The molecule has 114 valence electrons. The van der Waals surface area contributed by atoms with E-state index in [0.29, 0.717) is 30.8 Å². The van der Waals surface area contributed by atoms with E-state index in [4.69, 9.17) is 10.5 Å². The van der Waals surface area contributed by atoms with Crippen molar-refractivity contribution in [2.75, 3.05) is 18.5 Å². The van der Waals surface area contributed by atoms with Crippen LogP contribution in [0.1, 0.15) is 43.0 Å². The molecule has 0 heterocycles. The van der Waals surface area contributed by atoms with E-state index < -0.39 is 0 Å². The Morgan fingerprint density at radius 1 is 1.29 bits per heavy atom. The summed E-state index contributed by atoms with van der Waals surface area (Å²) in [4.78, 5) is 23.6. The lowest BCUT2D eigenvalue weighted by molar-refractivity contribution is -0.119. The third-order valence-electron chi connectivity index (χ3n) is 4.06. The minimum absolute atomic E-state index is 0.00500. The van der Waals surface area contributed by atoms with Gasteiger partial charge in [0.2, 0.25) is 5.91 Å². The predicted molar refractivity (Wildman–Crippen MR) is 81.0 cm³/mol. The third-order valence-corrected chi connectivity index (χ3v) is 4.06. The molecule has 21 heavy (non-hydrogen) atoms. The largest absolute Gasteiger partial charge is 0.462 e. The summed E-state index contributed by atoms with van der Waals surface area (Å²) in [5.41, 5.74) is 6.91. The molecule has 0 atom stereocenters. The van der Waals surface area contributed by atoms with Gasteiger partial charge in [-0.3, -0.25) is 4.79 Å². The monoisotopic (exact) mass is 290 g/mol. The molecule has 0 aromatic heterocycles. The highest BCUT2D eigenvalue weighted by Crippen LogP contribution is 2.43. The SMILES string of the molecule is CCOC(=O)c1ccc(NC(=O)CC2(CN)CCC2)cc1. The number of nitrogens with two attached hydrogens (primary N) is 1. The molecule has 3 N–H and O–H groups in total. The van der Waals surface area contributed by atoms with Gasteiger partial charge in [0.05, 0.1) is 12.2 Å². The number of nitrogens with one attached hydrogen (secondary N) is 1. The molecule has 1 aromatic carbocycles. The quantitative estimate of drug-likeness (QED) is 0.788. The Morgan fingerprint density at radius 2 is 1.95 bits per heavy atom. The topological polar surface area (TPSA) is 81.4 Å². The summed E-state index contributed by atoms with van der Waals surface area (Å²) in [7, 11) is 0. The van der Waals surface area contributed by atoms with Crippen LogP contribution in [0.25, 0.3) is 0 Å². The van der Waals surface area contributed by atoms with E-state index in [1.165, 1.54) is 0 Å². The molecule has 1 saturated carbocycles. The van der Waals surface area contributed by atoms with Crippen LogP contribution >= 0.6 is 0 Å². The summed E-state index contributed by atoms with van der Waals surface area (Å²) in [6.07, 6.45) is 3.67. The van der Waals surface area contributed by atoms with Gasteiger partial charge < -0.3 is 15.8 Å². The Balaban J connectivity index is 1.91. The van der Waals surface area contributed by atoms with Crippen LogP contribution in [0.5, 0.6) is 0 Å². The minimum Gasteiger partial charge on any atom is -0.462 e. The van der Waals surface area contributed by atoms with E-state index in [2.05, 4.69) is 5.32 Å². The fourth-order valence-electron chi connectivity index (χ4n) is 2.58. The number of anilines is 1. The van der Waals surface area contributed by atoms with Gasteiger partial charge in [-0.25, -0.2) is 4.79 Å². The molecule has 5 heteroatoms. The number of carbonyl (C=O) groups excluding carboxylic acids is 2. The summed E-state index contributed by atoms with van der Waals surface area (Å²) >= 11 is 0. The van der Waals surface area contributed by atoms with Gasteiger partial charge in [0.1, 0.15) is 0 Å². The normalized spacial score (nSPS) is 15.9. The van der Waals surface area contributed by atoms with Crippen LogP contribution in [0.3, 0.4) is 0 Å². The summed E-state index contributed by atoms with van der Waals surface area (Å²) in [5.74, 6) is -0.379. The van der Waals surface area contributed by atoms with Crippen LogP contribution < -0.4 is 11.1 Å². The molecule has 1 aliphatic carbocycles. The second-order valence-electron chi connectivity index (χ2n) is 5.58. The van der Waals surface area contributed by atoms with E-state index in [1.54, 1.807) is 31.2 Å². The zero-order chi connectivity index (χ0) is 15.3. The average Bonchev–Trinajstić information content (AvgIpc) is 2.44. The van der Waals surface area contributed by atoms with Gasteiger partial charge in [0, 0.05) is 12.1 Å². The molecule has 0 unspecified atom stereocenters. The highest BCUT2D eigenvalue weighted by Gasteiger charge is 2.37. The number of benzene rings is 1. The fraction of sp³-hybridized carbons (Fsp3) is 0.500. The van der Waals surface area contributed by atoms with Crippen LogP contribution in [0, 0.1) is 5.41 Å². The Labute approximate surface area is 124 Å². The van der Waals surface area contributed by atoms with Gasteiger partial charge in [-0.05, 0) is 56.0 Å². The van der Waals surface area contributed by atoms with Crippen molar-refractivity contribution in [1.82, 2.24) is 0 Å². The molecule has 0 spiro atoms. The molecule has 0 bridgehead atoms. The van der Waals surface area contributed by atoms with Crippen molar-refractivity contribution in [1.29, 1.82) is 0 Å².